The second-order valence-corrected chi connectivity index (χ2v) is 5.75. The number of hydrogen-bond acceptors (Lipinski definition) is 6. The number of phenolic OH excluding ortho intramolecular Hbond substituents is 1. The van der Waals surface area contributed by atoms with Gasteiger partial charge in [0, 0.05) is 6.54 Å². The van der Waals surface area contributed by atoms with Crippen LogP contribution in [0, 0.1) is 22.7 Å². The highest BCUT2D eigenvalue weighted by Crippen LogP contribution is 2.40. The average Bonchev–Trinajstić information content (AvgIpc) is 2.95. The van der Waals surface area contributed by atoms with E-state index in [0.717, 1.165) is 5.56 Å². The van der Waals surface area contributed by atoms with Crippen LogP contribution >= 0.6 is 0 Å². The van der Waals surface area contributed by atoms with Gasteiger partial charge in [-0.05, 0) is 23.8 Å². The summed E-state index contributed by atoms with van der Waals surface area (Å²) in [7, 11) is 0. The number of fused-ring (bicyclic) bond motifs is 1. The second kappa shape index (κ2) is 7.52. The zero-order valence-corrected chi connectivity index (χ0v) is 13.8. The summed E-state index contributed by atoms with van der Waals surface area (Å²) >= 11 is 0. The van der Waals surface area contributed by atoms with Crippen LogP contribution in [-0.2, 0) is 6.54 Å². The van der Waals surface area contributed by atoms with Crippen molar-refractivity contribution in [3.63, 3.8) is 0 Å². The van der Waals surface area contributed by atoms with Crippen molar-refractivity contribution in [2.24, 2.45) is 0 Å². The van der Waals surface area contributed by atoms with Gasteiger partial charge in [0.1, 0.15) is 11.5 Å². The molecule has 0 bridgehead atoms. The van der Waals surface area contributed by atoms with Gasteiger partial charge in [0.15, 0.2) is 5.76 Å². The van der Waals surface area contributed by atoms with Crippen LogP contribution in [0.4, 0.5) is 0 Å². The SMILES string of the molecule is N#CCN(CC#N)Cc1c(O)ccc2c1OC(=Cc1ccccc1)C2=O. The van der Waals surface area contributed by atoms with Gasteiger partial charge in [-0.2, -0.15) is 10.5 Å². The van der Waals surface area contributed by atoms with Crippen LogP contribution in [0.1, 0.15) is 21.5 Å². The van der Waals surface area contributed by atoms with E-state index in [1.807, 2.05) is 42.5 Å². The van der Waals surface area contributed by atoms with E-state index in [-0.39, 0.29) is 42.7 Å². The monoisotopic (exact) mass is 345 g/mol. The molecule has 0 aliphatic carbocycles. The Morgan fingerprint density at radius 2 is 1.77 bits per heavy atom. The number of carbonyl (C=O) groups is 1. The standard InChI is InChI=1S/C20H15N3O3/c21-8-10-23(11-9-22)13-16-17(24)7-6-15-19(25)18(26-20(15)16)12-14-4-2-1-3-5-14/h1-7,12,24H,10-11,13H2. The van der Waals surface area contributed by atoms with Crippen LogP contribution in [0.15, 0.2) is 48.2 Å². The molecule has 2 aromatic rings. The molecule has 1 heterocycles. The first-order valence-electron chi connectivity index (χ1n) is 7.94. The number of carbonyl (C=O) groups excluding carboxylic acids is 1. The molecule has 3 rings (SSSR count). The van der Waals surface area contributed by atoms with Crippen LogP contribution < -0.4 is 4.74 Å². The Morgan fingerprint density at radius 3 is 2.42 bits per heavy atom. The maximum Gasteiger partial charge on any atom is 0.231 e. The quantitative estimate of drug-likeness (QED) is 0.661. The maximum atomic E-state index is 12.6. The van der Waals surface area contributed by atoms with Crippen LogP contribution in [0.3, 0.4) is 0 Å². The van der Waals surface area contributed by atoms with Gasteiger partial charge in [0.25, 0.3) is 0 Å². The third-order valence-corrected chi connectivity index (χ3v) is 3.98. The maximum absolute atomic E-state index is 12.6. The second-order valence-electron chi connectivity index (χ2n) is 5.75. The molecule has 0 atom stereocenters. The van der Waals surface area contributed by atoms with E-state index in [0.29, 0.717) is 11.1 Å². The fourth-order valence-corrected chi connectivity index (χ4v) is 2.74. The summed E-state index contributed by atoms with van der Waals surface area (Å²) in [5.41, 5.74) is 1.57. The molecule has 128 valence electrons. The van der Waals surface area contributed by atoms with Crippen LogP contribution in [-0.4, -0.2) is 28.9 Å². The molecular formula is C20H15N3O3. The summed E-state index contributed by atoms with van der Waals surface area (Å²) in [6, 6.07) is 16.2. The van der Waals surface area contributed by atoms with Crippen molar-refractivity contribution in [1.29, 1.82) is 10.5 Å². The summed E-state index contributed by atoms with van der Waals surface area (Å²) in [4.78, 5) is 14.2. The first-order chi connectivity index (χ1) is 12.6. The lowest BCUT2D eigenvalue weighted by molar-refractivity contribution is 0.101. The highest BCUT2D eigenvalue weighted by Gasteiger charge is 2.31. The summed E-state index contributed by atoms with van der Waals surface area (Å²) in [6.45, 7) is 0.177. The minimum atomic E-state index is -0.266. The molecule has 0 unspecified atom stereocenters. The number of Topliss-reactive ketones (excluding diaryl/α,β-unsaturated/α-hetero) is 1. The number of allylic oxidation sites excluding steroid dienone is 1. The molecule has 0 saturated heterocycles. The Labute approximate surface area is 150 Å². The number of benzene rings is 2. The molecule has 0 spiro atoms. The summed E-state index contributed by atoms with van der Waals surface area (Å²) in [5.74, 6) is 0.138. The highest BCUT2D eigenvalue weighted by atomic mass is 16.5. The zero-order chi connectivity index (χ0) is 18.5. The van der Waals surface area contributed by atoms with E-state index in [9.17, 15) is 9.90 Å². The lowest BCUT2D eigenvalue weighted by Gasteiger charge is -2.17. The molecule has 1 aliphatic rings. The largest absolute Gasteiger partial charge is 0.507 e. The number of rotatable bonds is 5. The van der Waals surface area contributed by atoms with Gasteiger partial charge >= 0.3 is 0 Å². The van der Waals surface area contributed by atoms with Crippen molar-refractivity contribution < 1.29 is 14.6 Å². The van der Waals surface area contributed by atoms with Crippen molar-refractivity contribution >= 4 is 11.9 Å². The van der Waals surface area contributed by atoms with Crippen molar-refractivity contribution in [2.45, 2.75) is 6.54 Å². The van der Waals surface area contributed by atoms with Gasteiger partial charge in [-0.1, -0.05) is 30.3 Å². The molecule has 0 radical (unpaired) electrons. The van der Waals surface area contributed by atoms with Gasteiger partial charge in [-0.25, -0.2) is 0 Å². The molecule has 0 saturated carbocycles. The molecule has 6 heteroatoms. The van der Waals surface area contributed by atoms with Crippen LogP contribution in [0.2, 0.25) is 0 Å². The van der Waals surface area contributed by atoms with E-state index < -0.39 is 0 Å². The minimum Gasteiger partial charge on any atom is -0.507 e. The Bertz CT molecular complexity index is 937. The fraction of sp³-hybridized carbons (Fsp3) is 0.150. The van der Waals surface area contributed by atoms with E-state index in [4.69, 9.17) is 15.3 Å². The number of ketones is 1. The van der Waals surface area contributed by atoms with Gasteiger partial charge in [0.2, 0.25) is 5.78 Å². The number of nitriles is 2. The van der Waals surface area contributed by atoms with Gasteiger partial charge < -0.3 is 9.84 Å². The van der Waals surface area contributed by atoms with Crippen molar-refractivity contribution in [1.82, 2.24) is 4.90 Å². The average molecular weight is 345 g/mol. The summed E-state index contributed by atoms with van der Waals surface area (Å²) in [5, 5.41) is 28.0. The van der Waals surface area contributed by atoms with Crippen LogP contribution in [0.25, 0.3) is 6.08 Å². The summed E-state index contributed by atoms with van der Waals surface area (Å²) < 4.78 is 5.75. The van der Waals surface area contributed by atoms with E-state index in [2.05, 4.69) is 0 Å². The third-order valence-electron chi connectivity index (χ3n) is 3.98. The van der Waals surface area contributed by atoms with Crippen LogP contribution in [0.5, 0.6) is 11.5 Å². The predicted molar refractivity (Wildman–Crippen MR) is 94.0 cm³/mol. The first kappa shape index (κ1) is 17.2. The lowest BCUT2D eigenvalue weighted by Crippen LogP contribution is -2.24. The number of aromatic hydroxyl groups is 1. The van der Waals surface area contributed by atoms with Gasteiger partial charge in [-0.3, -0.25) is 9.69 Å². The van der Waals surface area contributed by atoms with Crippen molar-refractivity contribution in [3.8, 4) is 23.6 Å². The van der Waals surface area contributed by atoms with Crippen molar-refractivity contribution in [3.05, 3.63) is 64.9 Å². The molecule has 0 amide bonds. The topological polar surface area (TPSA) is 97.3 Å². The molecule has 1 aliphatic heterocycles. The lowest BCUT2D eigenvalue weighted by atomic mass is 10.0. The molecule has 26 heavy (non-hydrogen) atoms. The van der Waals surface area contributed by atoms with E-state index in [1.165, 1.54) is 12.1 Å². The molecule has 1 N–H and O–H groups in total. The van der Waals surface area contributed by atoms with Gasteiger partial charge in [-0.15, -0.1) is 0 Å². The third kappa shape index (κ3) is 3.41. The molecule has 6 nitrogen and oxygen atoms in total. The molecule has 2 aromatic carbocycles. The normalized spacial score (nSPS) is 14.0. The Balaban J connectivity index is 1.96. The Morgan fingerprint density at radius 1 is 1.08 bits per heavy atom. The fourth-order valence-electron chi connectivity index (χ4n) is 2.74. The highest BCUT2D eigenvalue weighted by molar-refractivity contribution is 6.15. The van der Waals surface area contributed by atoms with Crippen molar-refractivity contribution in [2.75, 3.05) is 13.1 Å². The Kier molecular flexibility index (Phi) is 4.98. The smallest absolute Gasteiger partial charge is 0.231 e. The minimum absolute atomic E-state index is 0.0251. The Hall–Kier alpha value is -3.61. The van der Waals surface area contributed by atoms with E-state index in [1.54, 1.807) is 11.0 Å². The number of ether oxygens (including phenoxy) is 1. The number of phenols is 1. The molecule has 0 fully saturated rings. The molecular weight excluding hydrogens is 330 g/mol. The number of hydrogen-bond donors (Lipinski definition) is 1. The predicted octanol–water partition coefficient (Wildman–Crippen LogP) is 2.86. The molecule has 0 aromatic heterocycles. The number of nitrogens with zero attached hydrogens (tertiary/aromatic N) is 3. The van der Waals surface area contributed by atoms with Gasteiger partial charge in [0.05, 0.1) is 36.4 Å². The zero-order valence-electron chi connectivity index (χ0n) is 13.8. The summed E-state index contributed by atoms with van der Waals surface area (Å²) in [6.07, 6.45) is 1.64. The first-order valence-corrected chi connectivity index (χ1v) is 7.94. The van der Waals surface area contributed by atoms with E-state index >= 15 is 0 Å².